The Balaban J connectivity index is 1.48. The van der Waals surface area contributed by atoms with Crippen LogP contribution in [0.15, 0.2) is 53.7 Å². The van der Waals surface area contributed by atoms with Crippen LogP contribution < -0.4 is 20.1 Å². The van der Waals surface area contributed by atoms with Crippen LogP contribution in [-0.2, 0) is 29.6 Å². The van der Waals surface area contributed by atoms with Gasteiger partial charge in [0, 0.05) is 18.8 Å². The molecule has 35 heavy (non-hydrogen) atoms. The van der Waals surface area contributed by atoms with E-state index in [2.05, 4.69) is 27.8 Å². The molecule has 0 aliphatic heterocycles. The Morgan fingerprint density at radius 3 is 2.49 bits per heavy atom. The fraction of sp³-hybridized carbons (Fsp3) is 0.280. The molecule has 2 amide bonds. The second-order valence-corrected chi connectivity index (χ2v) is 8.45. The molecule has 0 saturated carbocycles. The first kappa shape index (κ1) is 25.8. The van der Waals surface area contributed by atoms with Crippen molar-refractivity contribution in [2.24, 2.45) is 7.05 Å². The number of hydrogen-bond acceptors (Lipinski definition) is 7. The van der Waals surface area contributed by atoms with Gasteiger partial charge in [0.05, 0.1) is 26.5 Å². The first-order valence-corrected chi connectivity index (χ1v) is 12.0. The van der Waals surface area contributed by atoms with Crippen molar-refractivity contribution < 1.29 is 19.1 Å². The molecular formula is C25H29N5O4S. The first-order chi connectivity index (χ1) is 16.9. The molecule has 184 valence electrons. The molecular weight excluding hydrogens is 466 g/mol. The number of carbonyl (C=O) groups excluding carboxylic acids is 2. The van der Waals surface area contributed by atoms with E-state index >= 15 is 0 Å². The Morgan fingerprint density at radius 1 is 1.06 bits per heavy atom. The Hall–Kier alpha value is -3.79. The monoisotopic (exact) mass is 495 g/mol. The van der Waals surface area contributed by atoms with E-state index in [1.807, 2.05) is 30.3 Å². The predicted molar refractivity (Wildman–Crippen MR) is 137 cm³/mol. The highest BCUT2D eigenvalue weighted by atomic mass is 32.2. The third-order valence-corrected chi connectivity index (χ3v) is 6.18. The smallest absolute Gasteiger partial charge is 0.244 e. The van der Waals surface area contributed by atoms with Gasteiger partial charge in [0.25, 0.3) is 0 Å². The standard InChI is InChI=1S/C25H29N5O4S/c1-5-17-6-10-19(11-7-17)27-24(32)16-35-25-29-28-22(30(25)2)15-26-23(31)13-9-18-8-12-20(33-3)21(14-18)34-4/h6-14H,5,15-16H2,1-4H3,(H,26,31)(H,27,32)/b13-9+. The summed E-state index contributed by atoms with van der Waals surface area (Å²) < 4.78 is 12.2. The van der Waals surface area contributed by atoms with Crippen molar-refractivity contribution in [2.45, 2.75) is 25.0 Å². The van der Waals surface area contributed by atoms with Gasteiger partial charge in [0.2, 0.25) is 11.8 Å². The molecule has 1 heterocycles. The number of aryl methyl sites for hydroxylation is 1. The van der Waals surface area contributed by atoms with Gasteiger partial charge in [-0.3, -0.25) is 9.59 Å². The molecule has 0 saturated heterocycles. The van der Waals surface area contributed by atoms with Crippen molar-refractivity contribution in [1.82, 2.24) is 20.1 Å². The number of ether oxygens (including phenoxy) is 2. The number of rotatable bonds is 11. The van der Waals surface area contributed by atoms with Crippen molar-refractivity contribution >= 4 is 35.3 Å². The van der Waals surface area contributed by atoms with E-state index in [1.165, 1.54) is 23.4 Å². The second-order valence-electron chi connectivity index (χ2n) is 7.51. The lowest BCUT2D eigenvalue weighted by atomic mass is 10.1. The molecule has 3 aromatic rings. The minimum Gasteiger partial charge on any atom is -0.493 e. The predicted octanol–water partition coefficient (Wildman–Crippen LogP) is 3.46. The highest BCUT2D eigenvalue weighted by Gasteiger charge is 2.12. The average molecular weight is 496 g/mol. The fourth-order valence-electron chi connectivity index (χ4n) is 3.13. The van der Waals surface area contributed by atoms with E-state index in [1.54, 1.807) is 44.0 Å². The van der Waals surface area contributed by atoms with Gasteiger partial charge in [-0.25, -0.2) is 0 Å². The number of hydrogen-bond donors (Lipinski definition) is 2. The molecule has 10 heteroatoms. The van der Waals surface area contributed by atoms with Gasteiger partial charge in [0.1, 0.15) is 0 Å². The Kier molecular flexibility index (Phi) is 9.31. The van der Waals surface area contributed by atoms with Gasteiger partial charge in [0.15, 0.2) is 22.5 Å². The molecule has 1 aromatic heterocycles. The van der Waals surface area contributed by atoms with Crippen LogP contribution in [0.5, 0.6) is 11.5 Å². The van der Waals surface area contributed by atoms with Crippen molar-refractivity contribution in [3.05, 3.63) is 65.5 Å². The number of carbonyl (C=O) groups is 2. The molecule has 0 unspecified atom stereocenters. The second kappa shape index (κ2) is 12.6. The van der Waals surface area contributed by atoms with Gasteiger partial charge >= 0.3 is 0 Å². The summed E-state index contributed by atoms with van der Waals surface area (Å²) in [5.74, 6) is 1.58. The molecule has 0 spiro atoms. The molecule has 2 aromatic carbocycles. The summed E-state index contributed by atoms with van der Waals surface area (Å²) in [6.45, 7) is 2.29. The number of anilines is 1. The van der Waals surface area contributed by atoms with Crippen LogP contribution in [0.3, 0.4) is 0 Å². The summed E-state index contributed by atoms with van der Waals surface area (Å²) in [5, 5.41) is 14.5. The Morgan fingerprint density at radius 2 is 1.80 bits per heavy atom. The number of methoxy groups -OCH3 is 2. The number of amides is 2. The lowest BCUT2D eigenvalue weighted by Crippen LogP contribution is -2.22. The quantitative estimate of drug-likeness (QED) is 0.310. The zero-order chi connectivity index (χ0) is 25.2. The summed E-state index contributed by atoms with van der Waals surface area (Å²) in [7, 11) is 4.92. The highest BCUT2D eigenvalue weighted by Crippen LogP contribution is 2.28. The fourth-order valence-corrected chi connectivity index (χ4v) is 3.86. The summed E-state index contributed by atoms with van der Waals surface area (Å²) in [4.78, 5) is 24.5. The molecule has 0 bridgehead atoms. The van der Waals surface area contributed by atoms with Crippen LogP contribution >= 0.6 is 11.8 Å². The number of thioether (sulfide) groups is 1. The minimum atomic E-state index is -0.273. The largest absolute Gasteiger partial charge is 0.493 e. The maximum Gasteiger partial charge on any atom is 0.244 e. The maximum absolute atomic E-state index is 12.3. The Bertz CT molecular complexity index is 1190. The van der Waals surface area contributed by atoms with Crippen LogP contribution in [0.1, 0.15) is 23.9 Å². The number of nitrogens with zero attached hydrogens (tertiary/aromatic N) is 3. The van der Waals surface area contributed by atoms with Gasteiger partial charge < -0.3 is 24.7 Å². The molecule has 0 atom stereocenters. The number of benzene rings is 2. The summed E-state index contributed by atoms with van der Waals surface area (Å²) in [6.07, 6.45) is 4.07. The first-order valence-electron chi connectivity index (χ1n) is 11.0. The van der Waals surface area contributed by atoms with E-state index in [9.17, 15) is 9.59 Å². The average Bonchev–Trinajstić information content (AvgIpc) is 3.24. The number of aromatic nitrogens is 3. The van der Waals surface area contributed by atoms with Gasteiger partial charge in [-0.1, -0.05) is 36.9 Å². The summed E-state index contributed by atoms with van der Waals surface area (Å²) in [6, 6.07) is 13.2. The zero-order valence-corrected chi connectivity index (χ0v) is 21.0. The number of nitrogens with one attached hydrogen (secondary N) is 2. The third kappa shape index (κ3) is 7.35. The summed E-state index contributed by atoms with van der Waals surface area (Å²) >= 11 is 1.28. The minimum absolute atomic E-state index is 0.127. The third-order valence-electron chi connectivity index (χ3n) is 5.16. The van der Waals surface area contributed by atoms with Crippen molar-refractivity contribution in [3.8, 4) is 11.5 Å². The topological polar surface area (TPSA) is 107 Å². The van der Waals surface area contributed by atoms with Crippen molar-refractivity contribution in [1.29, 1.82) is 0 Å². The Labute approximate surface area is 208 Å². The lowest BCUT2D eigenvalue weighted by molar-refractivity contribution is -0.116. The van der Waals surface area contributed by atoms with Gasteiger partial charge in [-0.05, 0) is 47.9 Å². The molecule has 0 fully saturated rings. The van der Waals surface area contributed by atoms with E-state index < -0.39 is 0 Å². The molecule has 0 aliphatic rings. The summed E-state index contributed by atoms with van der Waals surface area (Å²) in [5.41, 5.74) is 2.78. The van der Waals surface area contributed by atoms with Crippen LogP contribution in [-0.4, -0.2) is 46.6 Å². The van der Waals surface area contributed by atoms with E-state index in [4.69, 9.17) is 9.47 Å². The van der Waals surface area contributed by atoms with Crippen molar-refractivity contribution in [3.63, 3.8) is 0 Å². The molecule has 2 N–H and O–H groups in total. The van der Waals surface area contributed by atoms with E-state index in [0.717, 1.165) is 17.7 Å². The van der Waals surface area contributed by atoms with Crippen LogP contribution in [0.25, 0.3) is 6.08 Å². The van der Waals surface area contributed by atoms with E-state index in [-0.39, 0.29) is 24.1 Å². The SMILES string of the molecule is CCc1ccc(NC(=O)CSc2nnc(CNC(=O)/C=C/c3ccc(OC)c(OC)c3)n2C)cc1. The molecule has 3 rings (SSSR count). The van der Waals surface area contributed by atoms with Crippen LogP contribution in [0, 0.1) is 0 Å². The normalized spacial score (nSPS) is 10.9. The van der Waals surface area contributed by atoms with E-state index in [0.29, 0.717) is 22.5 Å². The van der Waals surface area contributed by atoms with Crippen LogP contribution in [0.4, 0.5) is 5.69 Å². The van der Waals surface area contributed by atoms with Gasteiger partial charge in [-0.15, -0.1) is 10.2 Å². The van der Waals surface area contributed by atoms with Crippen molar-refractivity contribution in [2.75, 3.05) is 25.3 Å². The molecule has 9 nitrogen and oxygen atoms in total. The lowest BCUT2D eigenvalue weighted by Gasteiger charge is -2.07. The van der Waals surface area contributed by atoms with Crippen LogP contribution in [0.2, 0.25) is 0 Å². The molecule has 0 aliphatic carbocycles. The maximum atomic E-state index is 12.3. The molecule has 0 radical (unpaired) electrons. The highest BCUT2D eigenvalue weighted by molar-refractivity contribution is 7.99. The van der Waals surface area contributed by atoms with Gasteiger partial charge in [-0.2, -0.15) is 0 Å². The zero-order valence-electron chi connectivity index (χ0n) is 20.2.